The van der Waals surface area contributed by atoms with E-state index in [9.17, 15) is 0 Å². The molecule has 1 N–H and O–H groups in total. The van der Waals surface area contributed by atoms with Crippen molar-refractivity contribution in [1.29, 1.82) is 0 Å². The van der Waals surface area contributed by atoms with Crippen molar-refractivity contribution >= 4 is 27.3 Å². The molecule has 3 heteroatoms. The van der Waals surface area contributed by atoms with E-state index in [-0.39, 0.29) is 6.04 Å². The average molecular weight is 324 g/mol. The second-order valence-corrected chi connectivity index (χ2v) is 7.34. The van der Waals surface area contributed by atoms with Crippen LogP contribution in [0.2, 0.25) is 0 Å². The van der Waals surface area contributed by atoms with Gasteiger partial charge in [-0.2, -0.15) is 0 Å². The number of hydrogen-bond donors (Lipinski definition) is 1. The third-order valence-electron chi connectivity index (χ3n) is 3.10. The summed E-state index contributed by atoms with van der Waals surface area (Å²) in [5.74, 6) is 0. The lowest BCUT2D eigenvalue weighted by molar-refractivity contribution is 0.689. The molecule has 1 aromatic carbocycles. The summed E-state index contributed by atoms with van der Waals surface area (Å²) >= 11 is 5.37. The minimum absolute atomic E-state index is 0.270. The molecule has 0 saturated carbocycles. The maximum Gasteiger partial charge on any atom is 0.0704 e. The van der Waals surface area contributed by atoms with Crippen LogP contribution < -0.4 is 5.32 Å². The molecular formula is C15H18BrNS. The topological polar surface area (TPSA) is 12.0 Å². The van der Waals surface area contributed by atoms with Crippen molar-refractivity contribution < 1.29 is 0 Å². The molecule has 0 spiro atoms. The highest BCUT2D eigenvalue weighted by molar-refractivity contribution is 9.11. The summed E-state index contributed by atoms with van der Waals surface area (Å²) in [7, 11) is 2.02. The molecule has 1 heterocycles. The number of benzene rings is 1. The van der Waals surface area contributed by atoms with Gasteiger partial charge in [0.1, 0.15) is 0 Å². The Hall–Kier alpha value is -0.640. The zero-order valence-electron chi connectivity index (χ0n) is 11.2. The van der Waals surface area contributed by atoms with Crippen molar-refractivity contribution in [2.24, 2.45) is 0 Å². The summed E-state index contributed by atoms with van der Waals surface area (Å²) < 4.78 is 1.19. The summed E-state index contributed by atoms with van der Waals surface area (Å²) in [5, 5.41) is 3.43. The van der Waals surface area contributed by atoms with Crippen LogP contribution in [0.4, 0.5) is 0 Å². The molecule has 0 fully saturated rings. The predicted octanol–water partition coefficient (Wildman–Crippen LogP) is 4.74. The Morgan fingerprint density at radius 1 is 1.06 bits per heavy atom. The summed E-state index contributed by atoms with van der Waals surface area (Å²) in [6.07, 6.45) is 0. The van der Waals surface area contributed by atoms with Gasteiger partial charge in [0, 0.05) is 4.88 Å². The van der Waals surface area contributed by atoms with Gasteiger partial charge in [-0.25, -0.2) is 0 Å². The molecule has 1 unspecified atom stereocenters. The van der Waals surface area contributed by atoms with Crippen LogP contribution in [-0.4, -0.2) is 7.05 Å². The lowest BCUT2D eigenvalue weighted by Gasteiger charge is -2.18. The Bertz CT molecular complexity index is 539. The van der Waals surface area contributed by atoms with Crippen molar-refractivity contribution in [1.82, 2.24) is 5.32 Å². The highest BCUT2D eigenvalue weighted by atomic mass is 79.9. The van der Waals surface area contributed by atoms with E-state index in [1.165, 1.54) is 30.9 Å². The molecule has 2 aromatic rings. The van der Waals surface area contributed by atoms with Crippen LogP contribution in [0.3, 0.4) is 0 Å². The summed E-state index contributed by atoms with van der Waals surface area (Å²) in [4.78, 5) is 1.36. The second-order valence-electron chi connectivity index (χ2n) is 4.70. The smallest absolute Gasteiger partial charge is 0.0704 e. The third kappa shape index (κ3) is 2.85. The van der Waals surface area contributed by atoms with E-state index in [2.05, 4.69) is 66.3 Å². The van der Waals surface area contributed by atoms with Crippen LogP contribution in [0.1, 0.15) is 33.2 Å². The van der Waals surface area contributed by atoms with E-state index in [1.807, 2.05) is 7.05 Å². The van der Waals surface area contributed by atoms with Crippen LogP contribution in [-0.2, 0) is 0 Å². The molecular weight excluding hydrogens is 306 g/mol. The molecule has 0 aliphatic heterocycles. The fourth-order valence-electron chi connectivity index (χ4n) is 2.42. The summed E-state index contributed by atoms with van der Waals surface area (Å²) in [5.41, 5.74) is 5.33. The first-order valence-corrected chi connectivity index (χ1v) is 7.63. The van der Waals surface area contributed by atoms with E-state index in [0.29, 0.717) is 0 Å². The maximum absolute atomic E-state index is 3.57. The molecule has 1 aromatic heterocycles. The summed E-state index contributed by atoms with van der Waals surface area (Å²) in [6.45, 7) is 6.48. The highest BCUT2D eigenvalue weighted by Crippen LogP contribution is 2.34. The van der Waals surface area contributed by atoms with Crippen LogP contribution in [0.5, 0.6) is 0 Å². The fourth-order valence-corrected chi connectivity index (χ4v) is 4.17. The first kappa shape index (κ1) is 13.8. The number of rotatable bonds is 3. The molecule has 0 saturated heterocycles. The van der Waals surface area contributed by atoms with Crippen molar-refractivity contribution in [3.8, 4) is 0 Å². The quantitative estimate of drug-likeness (QED) is 0.859. The highest BCUT2D eigenvalue weighted by Gasteiger charge is 2.17. The van der Waals surface area contributed by atoms with Crippen molar-refractivity contribution in [2.45, 2.75) is 26.8 Å². The predicted molar refractivity (Wildman–Crippen MR) is 83.6 cm³/mol. The molecule has 0 aliphatic rings. The van der Waals surface area contributed by atoms with E-state index in [0.717, 1.165) is 0 Å². The van der Waals surface area contributed by atoms with Crippen LogP contribution in [0, 0.1) is 20.8 Å². The lowest BCUT2D eigenvalue weighted by Crippen LogP contribution is -2.18. The molecule has 0 aliphatic carbocycles. The first-order chi connectivity index (χ1) is 8.51. The van der Waals surface area contributed by atoms with Crippen molar-refractivity contribution in [2.75, 3.05) is 7.05 Å². The maximum atomic E-state index is 3.57. The molecule has 1 nitrogen and oxygen atoms in total. The van der Waals surface area contributed by atoms with Gasteiger partial charge in [0.05, 0.1) is 9.83 Å². The average Bonchev–Trinajstić information content (AvgIpc) is 2.58. The zero-order chi connectivity index (χ0) is 13.3. The lowest BCUT2D eigenvalue weighted by atomic mass is 9.96. The second kappa shape index (κ2) is 5.55. The number of halogens is 1. The van der Waals surface area contributed by atoms with Crippen LogP contribution >= 0.6 is 27.3 Å². The number of aryl methyl sites for hydroxylation is 3. The van der Waals surface area contributed by atoms with Gasteiger partial charge in [-0.15, -0.1) is 11.3 Å². The fraction of sp³-hybridized carbons (Fsp3) is 0.333. The van der Waals surface area contributed by atoms with Gasteiger partial charge >= 0.3 is 0 Å². The van der Waals surface area contributed by atoms with E-state index in [1.54, 1.807) is 11.3 Å². The number of thiophene rings is 1. The SMILES string of the molecule is CNC(c1cc(C)cc(C)c1)c1cc(Br)sc1C. The summed E-state index contributed by atoms with van der Waals surface area (Å²) in [6, 6.07) is 9.23. The van der Waals surface area contributed by atoms with Crippen molar-refractivity contribution in [3.05, 3.63) is 55.2 Å². The minimum Gasteiger partial charge on any atom is -0.309 e. The third-order valence-corrected chi connectivity index (χ3v) is 4.67. The van der Waals surface area contributed by atoms with Gasteiger partial charge in [-0.1, -0.05) is 29.3 Å². The molecule has 2 rings (SSSR count). The van der Waals surface area contributed by atoms with E-state index in [4.69, 9.17) is 0 Å². The van der Waals surface area contributed by atoms with E-state index >= 15 is 0 Å². The molecule has 1 atom stereocenters. The standard InChI is InChI=1S/C15H18BrNS/c1-9-5-10(2)7-12(6-9)15(17-4)13-8-14(16)18-11(13)3/h5-8,15,17H,1-4H3. The number of nitrogens with one attached hydrogen (secondary N) is 1. The molecule has 0 bridgehead atoms. The van der Waals surface area contributed by atoms with Crippen molar-refractivity contribution in [3.63, 3.8) is 0 Å². The minimum atomic E-state index is 0.270. The van der Waals surface area contributed by atoms with Gasteiger partial charge in [-0.3, -0.25) is 0 Å². The van der Waals surface area contributed by atoms with Gasteiger partial charge in [-0.05, 0) is 60.9 Å². The van der Waals surface area contributed by atoms with Gasteiger partial charge in [0.15, 0.2) is 0 Å². The Morgan fingerprint density at radius 3 is 2.11 bits per heavy atom. The van der Waals surface area contributed by atoms with Crippen LogP contribution in [0.25, 0.3) is 0 Å². The van der Waals surface area contributed by atoms with Gasteiger partial charge in [0.25, 0.3) is 0 Å². The Morgan fingerprint density at radius 2 is 1.67 bits per heavy atom. The monoisotopic (exact) mass is 323 g/mol. The number of hydrogen-bond acceptors (Lipinski definition) is 2. The zero-order valence-corrected chi connectivity index (χ0v) is 13.6. The first-order valence-electron chi connectivity index (χ1n) is 6.02. The molecule has 18 heavy (non-hydrogen) atoms. The van der Waals surface area contributed by atoms with Crippen LogP contribution in [0.15, 0.2) is 28.1 Å². The Kier molecular flexibility index (Phi) is 4.25. The Balaban J connectivity index is 2.48. The van der Waals surface area contributed by atoms with Gasteiger partial charge < -0.3 is 5.32 Å². The largest absolute Gasteiger partial charge is 0.309 e. The molecule has 0 amide bonds. The molecule has 0 radical (unpaired) electrons. The normalized spacial score (nSPS) is 12.7. The Labute approximate surface area is 121 Å². The van der Waals surface area contributed by atoms with E-state index < -0.39 is 0 Å². The molecule has 96 valence electrons. The van der Waals surface area contributed by atoms with Gasteiger partial charge in [0.2, 0.25) is 0 Å².